The highest BCUT2D eigenvalue weighted by molar-refractivity contribution is 6.16. The lowest BCUT2D eigenvalue weighted by atomic mass is 9.90. The molecule has 0 saturated carbocycles. The van der Waals surface area contributed by atoms with Crippen LogP contribution in [-0.2, 0) is 0 Å². The van der Waals surface area contributed by atoms with Crippen molar-refractivity contribution in [1.29, 1.82) is 5.26 Å². The molecule has 9 rings (SSSR count). The van der Waals surface area contributed by atoms with Crippen LogP contribution >= 0.6 is 0 Å². The Balaban J connectivity index is 1.31. The van der Waals surface area contributed by atoms with E-state index in [-0.39, 0.29) is 6.04 Å². The number of para-hydroxylation sites is 4. The zero-order valence-electron chi connectivity index (χ0n) is 26.0. The minimum Gasteiger partial charge on any atom is -0.333 e. The summed E-state index contributed by atoms with van der Waals surface area (Å²) in [6.07, 6.45) is 8.88. The fraction of sp³-hybridized carbons (Fsp3) is 0.0682. The Bertz CT molecular complexity index is 2570. The van der Waals surface area contributed by atoms with Crippen molar-refractivity contribution < 1.29 is 0 Å². The van der Waals surface area contributed by atoms with E-state index in [0.717, 1.165) is 39.0 Å². The van der Waals surface area contributed by atoms with Gasteiger partial charge in [-0.2, -0.15) is 5.26 Å². The van der Waals surface area contributed by atoms with Gasteiger partial charge in [0.15, 0.2) is 0 Å². The van der Waals surface area contributed by atoms with Gasteiger partial charge >= 0.3 is 0 Å². The Labute approximate surface area is 273 Å². The molecule has 0 N–H and O–H groups in total. The monoisotopic (exact) mass is 601 g/mol. The largest absolute Gasteiger partial charge is 0.333 e. The summed E-state index contributed by atoms with van der Waals surface area (Å²) >= 11 is 0. The molecule has 3 heteroatoms. The molecule has 2 unspecified atom stereocenters. The van der Waals surface area contributed by atoms with Gasteiger partial charge in [-0.05, 0) is 41.8 Å². The zero-order chi connectivity index (χ0) is 31.5. The summed E-state index contributed by atoms with van der Waals surface area (Å²) < 4.78 is 4.82. The van der Waals surface area contributed by atoms with E-state index in [1.54, 1.807) is 0 Å². The summed E-state index contributed by atoms with van der Waals surface area (Å²) in [6, 6.07) is 50.0. The molecule has 2 heterocycles. The number of nitrogens with zero attached hydrogens (tertiary/aromatic N) is 3. The quantitative estimate of drug-likeness (QED) is 0.198. The lowest BCUT2D eigenvalue weighted by molar-refractivity contribution is 0.510. The fourth-order valence-corrected chi connectivity index (χ4v) is 7.82. The fourth-order valence-electron chi connectivity index (χ4n) is 7.82. The van der Waals surface area contributed by atoms with Crippen LogP contribution in [0.15, 0.2) is 158 Å². The van der Waals surface area contributed by atoms with Crippen LogP contribution in [0, 0.1) is 17.2 Å². The van der Waals surface area contributed by atoms with E-state index >= 15 is 0 Å². The lowest BCUT2D eigenvalue weighted by Crippen LogP contribution is -2.15. The van der Waals surface area contributed by atoms with Crippen LogP contribution in [0.4, 0.5) is 0 Å². The first kappa shape index (κ1) is 27.2. The molecule has 0 spiro atoms. The Kier molecular flexibility index (Phi) is 6.23. The third-order valence-electron chi connectivity index (χ3n) is 9.89. The average Bonchev–Trinajstić information content (AvgIpc) is 3.65. The number of nitriles is 1. The molecule has 3 nitrogen and oxygen atoms in total. The van der Waals surface area contributed by atoms with Gasteiger partial charge in [0.05, 0.1) is 33.8 Å². The molecule has 0 fully saturated rings. The van der Waals surface area contributed by atoms with Gasteiger partial charge in [-0.1, -0.05) is 134 Å². The highest BCUT2D eigenvalue weighted by Crippen LogP contribution is 2.44. The minimum atomic E-state index is 0.206. The van der Waals surface area contributed by atoms with E-state index in [2.05, 4.69) is 180 Å². The Morgan fingerprint density at radius 3 is 1.77 bits per heavy atom. The van der Waals surface area contributed by atoms with Gasteiger partial charge in [-0.25, -0.2) is 0 Å². The van der Waals surface area contributed by atoms with Crippen molar-refractivity contribution in [3.8, 4) is 34.0 Å². The first-order chi connectivity index (χ1) is 23.2. The number of hydrogen-bond acceptors (Lipinski definition) is 1. The van der Waals surface area contributed by atoms with E-state index in [4.69, 9.17) is 0 Å². The summed E-state index contributed by atoms with van der Waals surface area (Å²) in [4.78, 5) is 0. The van der Waals surface area contributed by atoms with E-state index in [1.165, 1.54) is 32.6 Å². The maximum atomic E-state index is 10.9. The van der Waals surface area contributed by atoms with Gasteiger partial charge in [0.2, 0.25) is 0 Å². The molecule has 1 aliphatic rings. The Morgan fingerprint density at radius 2 is 1.04 bits per heavy atom. The SMILES string of the molecule is CC1C=CC=CC1n1c2ccccc2c2c(-c3cccc(-c4ccccc4-n4c5ccccc5c5ccccc54)c3C#N)cccc21. The smallest absolute Gasteiger partial charge is 0.100 e. The normalized spacial score (nSPS) is 16.0. The number of hydrogen-bond donors (Lipinski definition) is 0. The lowest BCUT2D eigenvalue weighted by Gasteiger charge is -2.24. The van der Waals surface area contributed by atoms with Gasteiger partial charge < -0.3 is 9.13 Å². The van der Waals surface area contributed by atoms with Gasteiger partial charge in [-0.15, -0.1) is 0 Å². The number of allylic oxidation sites excluding steroid dienone is 4. The number of fused-ring (bicyclic) bond motifs is 6. The molecule has 222 valence electrons. The molecule has 1 aliphatic carbocycles. The van der Waals surface area contributed by atoms with Gasteiger partial charge in [0.25, 0.3) is 0 Å². The molecule has 0 bridgehead atoms. The highest BCUT2D eigenvalue weighted by Gasteiger charge is 2.24. The highest BCUT2D eigenvalue weighted by atomic mass is 15.0. The third-order valence-corrected chi connectivity index (χ3v) is 9.89. The van der Waals surface area contributed by atoms with Gasteiger partial charge in [-0.3, -0.25) is 0 Å². The molecule has 2 atom stereocenters. The maximum absolute atomic E-state index is 10.9. The molecule has 0 saturated heterocycles. The summed E-state index contributed by atoms with van der Waals surface area (Å²) in [5, 5.41) is 15.8. The van der Waals surface area contributed by atoms with E-state index in [0.29, 0.717) is 11.5 Å². The van der Waals surface area contributed by atoms with E-state index < -0.39 is 0 Å². The molecule has 2 aromatic heterocycles. The van der Waals surface area contributed by atoms with E-state index in [9.17, 15) is 5.26 Å². The van der Waals surface area contributed by atoms with Crippen molar-refractivity contribution in [2.24, 2.45) is 5.92 Å². The molecule has 8 aromatic rings. The summed E-state index contributed by atoms with van der Waals surface area (Å²) in [6.45, 7) is 2.28. The van der Waals surface area contributed by atoms with Crippen LogP contribution in [0.25, 0.3) is 71.6 Å². The topological polar surface area (TPSA) is 33.6 Å². The molecule has 0 radical (unpaired) electrons. The van der Waals surface area contributed by atoms with Crippen molar-refractivity contribution in [2.75, 3.05) is 0 Å². The van der Waals surface area contributed by atoms with Crippen LogP contribution < -0.4 is 0 Å². The predicted octanol–water partition coefficient (Wildman–Crippen LogP) is 11.4. The van der Waals surface area contributed by atoms with E-state index in [1.807, 2.05) is 0 Å². The predicted molar refractivity (Wildman–Crippen MR) is 196 cm³/mol. The molecular formula is C44H31N3. The second kappa shape index (κ2) is 10.8. The summed E-state index contributed by atoms with van der Waals surface area (Å²) in [5.74, 6) is 0.359. The van der Waals surface area contributed by atoms with Crippen LogP contribution in [0.5, 0.6) is 0 Å². The summed E-state index contributed by atoms with van der Waals surface area (Å²) in [7, 11) is 0. The van der Waals surface area contributed by atoms with Crippen LogP contribution in [0.1, 0.15) is 18.5 Å². The second-order valence-corrected chi connectivity index (χ2v) is 12.4. The molecule has 47 heavy (non-hydrogen) atoms. The average molecular weight is 602 g/mol. The van der Waals surface area contributed by atoms with Crippen LogP contribution in [-0.4, -0.2) is 9.13 Å². The van der Waals surface area contributed by atoms with Crippen LogP contribution in [0.2, 0.25) is 0 Å². The third kappa shape index (κ3) is 4.05. The van der Waals surface area contributed by atoms with Crippen molar-refractivity contribution in [2.45, 2.75) is 13.0 Å². The van der Waals surface area contributed by atoms with Gasteiger partial charge in [0, 0.05) is 43.8 Å². The Morgan fingerprint density at radius 1 is 0.511 bits per heavy atom. The number of rotatable bonds is 4. The van der Waals surface area contributed by atoms with Crippen molar-refractivity contribution in [3.63, 3.8) is 0 Å². The van der Waals surface area contributed by atoms with Crippen molar-refractivity contribution in [1.82, 2.24) is 9.13 Å². The second-order valence-electron chi connectivity index (χ2n) is 12.4. The number of benzene rings is 6. The molecule has 0 amide bonds. The maximum Gasteiger partial charge on any atom is 0.100 e. The van der Waals surface area contributed by atoms with Crippen molar-refractivity contribution in [3.05, 3.63) is 163 Å². The molecule has 0 aliphatic heterocycles. The number of aromatic nitrogens is 2. The molecular weight excluding hydrogens is 571 g/mol. The van der Waals surface area contributed by atoms with Crippen LogP contribution in [0.3, 0.4) is 0 Å². The first-order valence-electron chi connectivity index (χ1n) is 16.2. The molecule has 6 aromatic carbocycles. The summed E-state index contributed by atoms with van der Waals surface area (Å²) in [5.41, 5.74) is 10.4. The van der Waals surface area contributed by atoms with Crippen molar-refractivity contribution >= 4 is 43.6 Å². The standard InChI is InChI=1S/C44H31N3/c1-29-14-2-7-22-38(29)46-42-26-11-6-18-36(42)44-35(21-13-27-43(44)46)31-20-12-19-30(37(31)28-45)32-15-3-8-23-39(32)47-40-24-9-4-16-33(40)34-17-5-10-25-41(34)47/h2-27,29,38H,1H3. The van der Waals surface area contributed by atoms with Gasteiger partial charge in [0.1, 0.15) is 6.07 Å². The zero-order valence-corrected chi connectivity index (χ0v) is 26.0. The minimum absolute atomic E-state index is 0.206. The first-order valence-corrected chi connectivity index (χ1v) is 16.2. The Hall–Kier alpha value is -6.11.